The van der Waals surface area contributed by atoms with Crippen molar-refractivity contribution in [3.8, 4) is 22.6 Å². The number of hydrogen-bond donors (Lipinski definition) is 3. The number of carbonyl (C=O) groups is 1. The average Bonchev–Trinajstić information content (AvgIpc) is 3.27. The number of aromatic hydroxyl groups is 2. The molecule has 34 heavy (non-hydrogen) atoms. The molecule has 0 saturated carbocycles. The van der Waals surface area contributed by atoms with E-state index < -0.39 is 11.5 Å². The van der Waals surface area contributed by atoms with Crippen LogP contribution in [0.2, 0.25) is 0 Å². The summed E-state index contributed by atoms with van der Waals surface area (Å²) >= 11 is 0. The summed E-state index contributed by atoms with van der Waals surface area (Å²) in [4.78, 5) is 25.9. The zero-order valence-corrected chi connectivity index (χ0v) is 18.6. The predicted octanol–water partition coefficient (Wildman–Crippen LogP) is 5.32. The molecule has 0 atom stereocenters. The zero-order chi connectivity index (χ0) is 23.8. The van der Waals surface area contributed by atoms with Gasteiger partial charge < -0.3 is 19.9 Å². The Labute approximate surface area is 195 Å². The summed E-state index contributed by atoms with van der Waals surface area (Å²) in [6.07, 6.45) is 5.75. The first-order chi connectivity index (χ1) is 16.4. The van der Waals surface area contributed by atoms with Gasteiger partial charge in [-0.15, -0.1) is 0 Å². The fourth-order valence-electron chi connectivity index (χ4n) is 4.50. The van der Waals surface area contributed by atoms with Crippen molar-refractivity contribution < 1.29 is 19.4 Å². The number of carbonyl (C=O) groups excluding carboxylic acids is 1. The molecule has 1 aliphatic carbocycles. The Kier molecular flexibility index (Phi) is 5.42. The van der Waals surface area contributed by atoms with Crippen LogP contribution in [-0.4, -0.2) is 16.1 Å². The highest BCUT2D eigenvalue weighted by atomic mass is 16.4. The van der Waals surface area contributed by atoms with Crippen LogP contribution < -0.4 is 10.9 Å². The Balaban J connectivity index is 1.61. The molecule has 0 spiro atoms. The molecule has 170 valence electrons. The first-order valence-corrected chi connectivity index (χ1v) is 11.1. The quantitative estimate of drug-likeness (QED) is 0.221. The average molecular weight is 453 g/mol. The molecular formula is C28H23NO5. The van der Waals surface area contributed by atoms with E-state index in [0.717, 1.165) is 35.8 Å². The van der Waals surface area contributed by atoms with Crippen molar-refractivity contribution in [2.45, 2.75) is 26.2 Å². The minimum absolute atomic E-state index is 0.0861. The van der Waals surface area contributed by atoms with E-state index in [1.54, 1.807) is 6.07 Å². The van der Waals surface area contributed by atoms with Gasteiger partial charge >= 0.3 is 5.63 Å². The van der Waals surface area contributed by atoms with Gasteiger partial charge in [-0.3, -0.25) is 4.79 Å². The summed E-state index contributed by atoms with van der Waals surface area (Å²) in [5, 5.41) is 22.6. The lowest BCUT2D eigenvalue weighted by Gasteiger charge is -2.15. The van der Waals surface area contributed by atoms with Gasteiger partial charge in [0.1, 0.15) is 11.3 Å². The van der Waals surface area contributed by atoms with Crippen LogP contribution in [0.3, 0.4) is 0 Å². The molecule has 0 fully saturated rings. The molecule has 1 heterocycles. The minimum atomic E-state index is -0.618. The van der Waals surface area contributed by atoms with Gasteiger partial charge in [-0.1, -0.05) is 30.3 Å². The second kappa shape index (κ2) is 8.56. The summed E-state index contributed by atoms with van der Waals surface area (Å²) in [5.41, 5.74) is 5.40. The highest BCUT2D eigenvalue weighted by Crippen LogP contribution is 2.38. The highest BCUT2D eigenvalue weighted by molar-refractivity contribution is 6.08. The number of anilines is 1. The zero-order valence-electron chi connectivity index (χ0n) is 18.6. The van der Waals surface area contributed by atoms with Crippen LogP contribution >= 0.6 is 0 Å². The summed E-state index contributed by atoms with van der Waals surface area (Å²) in [6.45, 7) is 1.96. The normalized spacial score (nSPS) is 12.9. The molecule has 4 aromatic rings. The van der Waals surface area contributed by atoms with E-state index in [2.05, 4.69) is 11.4 Å². The van der Waals surface area contributed by atoms with Gasteiger partial charge in [-0.2, -0.15) is 0 Å². The van der Waals surface area contributed by atoms with Crippen molar-refractivity contribution in [1.82, 2.24) is 0 Å². The van der Waals surface area contributed by atoms with E-state index in [1.165, 1.54) is 35.4 Å². The van der Waals surface area contributed by atoms with Crippen molar-refractivity contribution in [2.75, 3.05) is 5.32 Å². The van der Waals surface area contributed by atoms with Gasteiger partial charge in [0.25, 0.3) is 0 Å². The van der Waals surface area contributed by atoms with Gasteiger partial charge in [-0.25, -0.2) is 4.79 Å². The lowest BCUT2D eigenvalue weighted by molar-refractivity contribution is -0.111. The van der Waals surface area contributed by atoms with Crippen LogP contribution in [0, 0.1) is 6.92 Å². The van der Waals surface area contributed by atoms with E-state index in [9.17, 15) is 19.8 Å². The van der Waals surface area contributed by atoms with Crippen molar-refractivity contribution in [1.29, 1.82) is 0 Å². The summed E-state index contributed by atoms with van der Waals surface area (Å²) < 4.78 is 5.66. The van der Waals surface area contributed by atoms with Crippen molar-refractivity contribution >= 4 is 28.6 Å². The maximum atomic E-state index is 13.1. The maximum absolute atomic E-state index is 13.1. The Morgan fingerprint density at radius 2 is 1.76 bits per heavy atom. The van der Waals surface area contributed by atoms with Crippen LogP contribution in [0.25, 0.3) is 28.2 Å². The molecule has 6 nitrogen and oxygen atoms in total. The molecule has 3 aromatic carbocycles. The van der Waals surface area contributed by atoms with E-state index in [-0.39, 0.29) is 17.2 Å². The lowest BCUT2D eigenvalue weighted by Crippen LogP contribution is -2.17. The topological polar surface area (TPSA) is 99.8 Å². The third kappa shape index (κ3) is 3.94. The molecule has 1 amide bonds. The van der Waals surface area contributed by atoms with E-state index in [4.69, 9.17) is 4.42 Å². The number of fused-ring (bicyclic) bond motifs is 2. The molecule has 5 rings (SSSR count). The van der Waals surface area contributed by atoms with Crippen molar-refractivity contribution in [2.24, 2.45) is 0 Å². The Hall–Kier alpha value is -4.32. The second-order valence-electron chi connectivity index (χ2n) is 8.50. The Bertz CT molecular complexity index is 1530. The van der Waals surface area contributed by atoms with Crippen LogP contribution in [0.15, 0.2) is 69.9 Å². The van der Waals surface area contributed by atoms with Gasteiger partial charge in [0.05, 0.1) is 0 Å². The fourth-order valence-corrected chi connectivity index (χ4v) is 4.50. The van der Waals surface area contributed by atoms with Gasteiger partial charge in [0.15, 0.2) is 11.5 Å². The van der Waals surface area contributed by atoms with Crippen molar-refractivity contribution in [3.63, 3.8) is 0 Å². The molecule has 1 aliphatic rings. The third-order valence-electron chi connectivity index (χ3n) is 6.21. The minimum Gasteiger partial charge on any atom is -0.504 e. The van der Waals surface area contributed by atoms with E-state index in [1.807, 2.05) is 37.3 Å². The smallest absolute Gasteiger partial charge is 0.360 e. The molecule has 0 radical (unpaired) electrons. The SMILES string of the molecule is Cc1ccccc1-c1c(NC(=O)C=Cc2ccc(O)c(O)c2)c(=O)oc2cc3c(cc12)CCC3. The number of hydrogen-bond acceptors (Lipinski definition) is 5. The summed E-state index contributed by atoms with van der Waals surface area (Å²) in [6, 6.07) is 16.0. The Morgan fingerprint density at radius 1 is 1.00 bits per heavy atom. The van der Waals surface area contributed by atoms with Crippen LogP contribution in [0.1, 0.15) is 28.7 Å². The van der Waals surface area contributed by atoms with Crippen LogP contribution in [0.4, 0.5) is 5.69 Å². The first kappa shape index (κ1) is 21.5. The fraction of sp³-hybridized carbons (Fsp3) is 0.143. The van der Waals surface area contributed by atoms with Gasteiger partial charge in [0, 0.05) is 17.0 Å². The van der Waals surface area contributed by atoms with Crippen molar-refractivity contribution in [3.05, 3.63) is 93.3 Å². The second-order valence-corrected chi connectivity index (χ2v) is 8.50. The molecule has 0 saturated heterocycles. The van der Waals surface area contributed by atoms with E-state index in [0.29, 0.717) is 16.7 Å². The van der Waals surface area contributed by atoms with Gasteiger partial charge in [0.2, 0.25) is 5.91 Å². The number of benzene rings is 3. The number of nitrogens with one attached hydrogen (secondary N) is 1. The standard InChI is InChI=1S/C28H23NO5/c1-16-5-2-3-8-20(16)26-21-14-18-6-4-7-19(18)15-24(21)34-28(33)27(26)29-25(32)12-10-17-9-11-22(30)23(31)13-17/h2-3,5,8-15,30-31H,4,6-7H2,1H3,(H,29,32). The molecule has 3 N–H and O–H groups in total. The Morgan fingerprint density at radius 3 is 2.53 bits per heavy atom. The van der Waals surface area contributed by atoms with Crippen LogP contribution in [-0.2, 0) is 17.6 Å². The number of rotatable bonds is 4. The van der Waals surface area contributed by atoms with E-state index >= 15 is 0 Å². The number of phenols is 2. The van der Waals surface area contributed by atoms with Gasteiger partial charge in [-0.05, 0) is 84.3 Å². The third-order valence-corrected chi connectivity index (χ3v) is 6.21. The molecular weight excluding hydrogens is 430 g/mol. The first-order valence-electron chi connectivity index (χ1n) is 11.1. The molecule has 0 bridgehead atoms. The number of aryl methyl sites for hydroxylation is 3. The molecule has 0 unspecified atom stereocenters. The molecule has 6 heteroatoms. The number of amides is 1. The molecule has 0 aliphatic heterocycles. The maximum Gasteiger partial charge on any atom is 0.360 e. The molecule has 1 aromatic heterocycles. The summed E-state index contributed by atoms with van der Waals surface area (Å²) in [5.74, 6) is -1.05. The summed E-state index contributed by atoms with van der Waals surface area (Å²) in [7, 11) is 0. The van der Waals surface area contributed by atoms with Crippen LogP contribution in [0.5, 0.6) is 11.5 Å². The monoisotopic (exact) mass is 453 g/mol. The lowest BCUT2D eigenvalue weighted by atomic mass is 9.94. The predicted molar refractivity (Wildman–Crippen MR) is 132 cm³/mol. The number of phenolic OH excluding ortho intramolecular Hbond substituents is 2. The largest absolute Gasteiger partial charge is 0.504 e. The highest BCUT2D eigenvalue weighted by Gasteiger charge is 2.22.